The van der Waals surface area contributed by atoms with Crippen LogP contribution in [0.1, 0.15) is 42.1 Å². The van der Waals surface area contributed by atoms with Gasteiger partial charge in [0.2, 0.25) is 0 Å². The molecule has 10 heteroatoms. The number of aromatic nitrogens is 1. The molecular formula is C32H28BrClN2O5S. The molecule has 1 aromatic heterocycles. The van der Waals surface area contributed by atoms with Crippen LogP contribution in [0.4, 0.5) is 0 Å². The highest BCUT2D eigenvalue weighted by molar-refractivity contribution is 9.10. The highest BCUT2D eigenvalue weighted by Gasteiger charge is 2.33. The molecule has 42 heavy (non-hydrogen) atoms. The van der Waals surface area contributed by atoms with Crippen LogP contribution in [0.2, 0.25) is 5.02 Å². The number of hydrogen-bond acceptors (Lipinski definition) is 7. The fourth-order valence-corrected chi connectivity index (χ4v) is 6.49. The molecule has 0 aliphatic carbocycles. The topological polar surface area (TPSA) is 79.1 Å². The van der Waals surface area contributed by atoms with Gasteiger partial charge < -0.3 is 14.2 Å². The predicted octanol–water partition coefficient (Wildman–Crippen LogP) is 6.11. The highest BCUT2D eigenvalue weighted by atomic mass is 79.9. The van der Waals surface area contributed by atoms with Crippen molar-refractivity contribution in [3.8, 4) is 11.5 Å². The van der Waals surface area contributed by atoms with Gasteiger partial charge in [-0.3, -0.25) is 9.36 Å². The third kappa shape index (κ3) is 6.09. The third-order valence-electron chi connectivity index (χ3n) is 6.74. The Morgan fingerprint density at radius 3 is 2.60 bits per heavy atom. The number of benzene rings is 3. The van der Waals surface area contributed by atoms with Crippen molar-refractivity contribution in [1.82, 2.24) is 4.57 Å². The van der Waals surface area contributed by atoms with Crippen LogP contribution in [0.5, 0.6) is 11.5 Å². The van der Waals surface area contributed by atoms with Gasteiger partial charge in [0.25, 0.3) is 5.56 Å². The number of esters is 1. The summed E-state index contributed by atoms with van der Waals surface area (Å²) in [4.78, 5) is 32.4. The van der Waals surface area contributed by atoms with Gasteiger partial charge in [0, 0.05) is 15.1 Å². The van der Waals surface area contributed by atoms with Crippen LogP contribution >= 0.6 is 38.9 Å². The lowest BCUT2D eigenvalue weighted by Gasteiger charge is -2.24. The van der Waals surface area contributed by atoms with E-state index in [1.54, 1.807) is 43.7 Å². The average molecular weight is 668 g/mol. The lowest BCUT2D eigenvalue weighted by Crippen LogP contribution is -2.39. The molecule has 0 bridgehead atoms. The van der Waals surface area contributed by atoms with Gasteiger partial charge in [-0.15, -0.1) is 0 Å². The van der Waals surface area contributed by atoms with Crippen LogP contribution < -0.4 is 24.4 Å². The van der Waals surface area contributed by atoms with E-state index in [0.29, 0.717) is 42.7 Å². The molecule has 1 aliphatic rings. The highest BCUT2D eigenvalue weighted by Crippen LogP contribution is 2.36. The van der Waals surface area contributed by atoms with E-state index in [2.05, 4.69) is 20.9 Å². The number of carbonyl (C=O) groups is 1. The Hall–Kier alpha value is -3.66. The quantitative estimate of drug-likeness (QED) is 0.212. The Morgan fingerprint density at radius 1 is 1.14 bits per heavy atom. The molecule has 1 aliphatic heterocycles. The zero-order valence-electron chi connectivity index (χ0n) is 23.4. The minimum absolute atomic E-state index is 0.212. The molecule has 0 radical (unpaired) electrons. The molecule has 1 atom stereocenters. The van der Waals surface area contributed by atoms with Crippen LogP contribution in [0.25, 0.3) is 6.08 Å². The number of aryl methyl sites for hydroxylation is 1. The molecule has 0 N–H and O–H groups in total. The van der Waals surface area contributed by atoms with E-state index in [1.165, 1.54) is 11.3 Å². The summed E-state index contributed by atoms with van der Waals surface area (Å²) in [6.07, 6.45) is 1.76. The van der Waals surface area contributed by atoms with E-state index >= 15 is 0 Å². The molecule has 3 aromatic carbocycles. The second kappa shape index (κ2) is 12.7. The second-order valence-corrected chi connectivity index (χ2v) is 12.0. The van der Waals surface area contributed by atoms with Gasteiger partial charge in [0.15, 0.2) is 16.3 Å². The van der Waals surface area contributed by atoms with Crippen molar-refractivity contribution in [2.75, 3.05) is 13.7 Å². The maximum absolute atomic E-state index is 14.1. The molecule has 4 aromatic rings. The molecule has 0 saturated heterocycles. The number of ether oxygens (including phenoxy) is 3. The Kier molecular flexibility index (Phi) is 9.01. The number of rotatable bonds is 8. The molecule has 2 heterocycles. The van der Waals surface area contributed by atoms with Crippen LogP contribution in [0.3, 0.4) is 0 Å². The number of carbonyl (C=O) groups excluding carboxylic acids is 1. The van der Waals surface area contributed by atoms with Crippen LogP contribution in [0, 0.1) is 6.92 Å². The summed E-state index contributed by atoms with van der Waals surface area (Å²) in [7, 11) is 1.56. The molecule has 0 spiro atoms. The third-order valence-corrected chi connectivity index (χ3v) is 8.41. The van der Waals surface area contributed by atoms with Crippen molar-refractivity contribution in [2.24, 2.45) is 4.99 Å². The van der Waals surface area contributed by atoms with Crippen LogP contribution in [0.15, 0.2) is 86.2 Å². The molecule has 0 fully saturated rings. The van der Waals surface area contributed by atoms with Crippen LogP contribution in [-0.2, 0) is 16.1 Å². The standard InChI is InChI=1S/C32H28BrClN2O5S/c1-5-40-31(38)27-19(3)35-32-36(28(27)21-11-9-18(2)10-12-21)30(37)26(42-32)15-22-14-23(33)16-25(39-4)29(22)41-17-20-7-6-8-24(34)13-20/h6-16,28H,5,17H2,1-4H3/b26-15-/t28-/m1/s1. The van der Waals surface area contributed by atoms with E-state index in [1.807, 2.05) is 55.5 Å². The largest absolute Gasteiger partial charge is 0.493 e. The van der Waals surface area contributed by atoms with E-state index in [-0.39, 0.29) is 18.8 Å². The average Bonchev–Trinajstić information content (AvgIpc) is 3.26. The van der Waals surface area contributed by atoms with Crippen molar-refractivity contribution in [2.45, 2.75) is 33.4 Å². The molecule has 7 nitrogen and oxygen atoms in total. The summed E-state index contributed by atoms with van der Waals surface area (Å²) in [5.74, 6) is 0.487. The molecule has 216 valence electrons. The van der Waals surface area contributed by atoms with Crippen molar-refractivity contribution in [3.05, 3.63) is 123 Å². The number of nitrogens with zero attached hydrogens (tertiary/aromatic N) is 2. The first-order chi connectivity index (χ1) is 20.2. The summed E-state index contributed by atoms with van der Waals surface area (Å²) in [5, 5.41) is 0.612. The first-order valence-corrected chi connectivity index (χ1v) is 15.2. The van der Waals surface area contributed by atoms with Gasteiger partial charge in [-0.05, 0) is 62.2 Å². The first-order valence-electron chi connectivity index (χ1n) is 13.2. The normalized spacial score (nSPS) is 14.8. The van der Waals surface area contributed by atoms with Crippen molar-refractivity contribution in [1.29, 1.82) is 0 Å². The maximum Gasteiger partial charge on any atom is 0.338 e. The minimum atomic E-state index is -0.682. The van der Waals surface area contributed by atoms with E-state index in [0.717, 1.165) is 21.2 Å². The number of thiazole rings is 1. The van der Waals surface area contributed by atoms with Gasteiger partial charge >= 0.3 is 5.97 Å². The Labute approximate surface area is 260 Å². The molecule has 0 amide bonds. The SMILES string of the molecule is CCOC(=O)C1=C(C)N=c2s/c(=C\c3cc(Br)cc(OC)c3OCc3cccc(Cl)c3)c(=O)n2[C@@H]1c1ccc(C)cc1. The number of hydrogen-bond donors (Lipinski definition) is 0. The fourth-order valence-electron chi connectivity index (χ4n) is 4.78. The molecular weight excluding hydrogens is 640 g/mol. The number of methoxy groups -OCH3 is 1. The van der Waals surface area contributed by atoms with Gasteiger partial charge in [0.05, 0.1) is 35.6 Å². The van der Waals surface area contributed by atoms with E-state index in [4.69, 9.17) is 25.8 Å². The molecule has 0 saturated carbocycles. The number of allylic oxidation sites excluding steroid dienone is 1. The smallest absolute Gasteiger partial charge is 0.338 e. The zero-order chi connectivity index (χ0) is 30.0. The molecule has 5 rings (SSSR count). The lowest BCUT2D eigenvalue weighted by atomic mass is 9.95. The summed E-state index contributed by atoms with van der Waals surface area (Å²) in [6, 6.07) is 18.2. The van der Waals surface area contributed by atoms with Crippen LogP contribution in [-0.4, -0.2) is 24.3 Å². The monoisotopic (exact) mass is 666 g/mol. The summed E-state index contributed by atoms with van der Waals surface area (Å²) < 4.78 is 20.0. The summed E-state index contributed by atoms with van der Waals surface area (Å²) >= 11 is 11.0. The Balaban J connectivity index is 1.66. The van der Waals surface area contributed by atoms with E-state index in [9.17, 15) is 9.59 Å². The first kappa shape index (κ1) is 29.8. The van der Waals surface area contributed by atoms with Crippen molar-refractivity contribution >= 4 is 50.9 Å². The fraction of sp³-hybridized carbons (Fsp3) is 0.219. The minimum Gasteiger partial charge on any atom is -0.493 e. The zero-order valence-corrected chi connectivity index (χ0v) is 26.6. The van der Waals surface area contributed by atoms with Gasteiger partial charge in [-0.25, -0.2) is 9.79 Å². The Bertz CT molecular complexity index is 1880. The number of halogens is 2. The summed E-state index contributed by atoms with van der Waals surface area (Å²) in [6.45, 7) is 5.97. The van der Waals surface area contributed by atoms with Crippen molar-refractivity contribution < 1.29 is 19.0 Å². The second-order valence-electron chi connectivity index (χ2n) is 9.66. The number of fused-ring (bicyclic) bond motifs is 1. The Morgan fingerprint density at radius 2 is 1.90 bits per heavy atom. The van der Waals surface area contributed by atoms with Gasteiger partial charge in [-0.2, -0.15) is 0 Å². The lowest BCUT2D eigenvalue weighted by molar-refractivity contribution is -0.139. The van der Waals surface area contributed by atoms with E-state index < -0.39 is 12.0 Å². The maximum atomic E-state index is 14.1. The van der Waals surface area contributed by atoms with Gasteiger partial charge in [0.1, 0.15) is 6.61 Å². The van der Waals surface area contributed by atoms with Gasteiger partial charge in [-0.1, -0.05) is 80.8 Å². The predicted molar refractivity (Wildman–Crippen MR) is 168 cm³/mol. The summed E-state index contributed by atoms with van der Waals surface area (Å²) in [5.41, 5.74) is 3.97. The molecule has 0 unspecified atom stereocenters. The van der Waals surface area contributed by atoms with Crippen molar-refractivity contribution in [3.63, 3.8) is 0 Å².